The molecule has 0 atom stereocenters. The van der Waals surface area contributed by atoms with Gasteiger partial charge in [-0.05, 0) is 30.2 Å². The lowest BCUT2D eigenvalue weighted by atomic mass is 10.2. The molecule has 1 N–H and O–H groups in total. The van der Waals surface area contributed by atoms with Crippen molar-refractivity contribution in [2.24, 2.45) is 0 Å². The number of aliphatic hydroxyl groups excluding tert-OH is 1. The van der Waals surface area contributed by atoms with Crippen molar-refractivity contribution in [3.05, 3.63) is 53.7 Å². The highest BCUT2D eigenvalue weighted by atomic mass is 16.5. The molecule has 1 aromatic carbocycles. The zero-order valence-corrected chi connectivity index (χ0v) is 9.76. The third kappa shape index (κ3) is 3.04. The van der Waals surface area contributed by atoms with Gasteiger partial charge in [-0.3, -0.25) is 0 Å². The topological polar surface area (TPSA) is 42.4 Å². The number of rotatable bonds is 4. The Morgan fingerprint density at radius 1 is 1.12 bits per heavy atom. The van der Waals surface area contributed by atoms with Gasteiger partial charge in [0.15, 0.2) is 0 Å². The molecule has 0 saturated carbocycles. The number of aromatic nitrogens is 1. The zero-order valence-electron chi connectivity index (χ0n) is 9.76. The molecule has 1 aromatic heterocycles. The van der Waals surface area contributed by atoms with E-state index in [1.165, 1.54) is 5.56 Å². The van der Waals surface area contributed by atoms with Crippen molar-refractivity contribution in [1.29, 1.82) is 0 Å². The van der Waals surface area contributed by atoms with Gasteiger partial charge in [-0.25, -0.2) is 4.98 Å². The van der Waals surface area contributed by atoms with E-state index in [-0.39, 0.29) is 6.61 Å². The smallest absolute Gasteiger partial charge is 0.219 e. The first-order valence-corrected chi connectivity index (χ1v) is 5.65. The van der Waals surface area contributed by atoms with Crippen LogP contribution >= 0.6 is 0 Å². The Labute approximate surface area is 101 Å². The molecule has 0 bridgehead atoms. The summed E-state index contributed by atoms with van der Waals surface area (Å²) in [5.41, 5.74) is 1.88. The molecule has 3 heteroatoms. The second-order valence-corrected chi connectivity index (χ2v) is 3.72. The van der Waals surface area contributed by atoms with Gasteiger partial charge < -0.3 is 9.84 Å². The number of hydrogen-bond acceptors (Lipinski definition) is 3. The normalized spacial score (nSPS) is 10.2. The van der Waals surface area contributed by atoms with Crippen LogP contribution in [0.5, 0.6) is 11.6 Å². The predicted octanol–water partition coefficient (Wildman–Crippen LogP) is 2.93. The number of benzene rings is 1. The van der Waals surface area contributed by atoms with Gasteiger partial charge in [-0.1, -0.05) is 25.1 Å². The van der Waals surface area contributed by atoms with Gasteiger partial charge in [0.2, 0.25) is 5.88 Å². The molecule has 0 aliphatic carbocycles. The van der Waals surface area contributed by atoms with Crippen LogP contribution in [0.25, 0.3) is 0 Å². The van der Waals surface area contributed by atoms with Gasteiger partial charge in [0.25, 0.3) is 0 Å². The van der Waals surface area contributed by atoms with E-state index in [0.29, 0.717) is 11.6 Å². The summed E-state index contributed by atoms with van der Waals surface area (Å²) >= 11 is 0. The molecule has 0 spiro atoms. The van der Waals surface area contributed by atoms with E-state index in [9.17, 15) is 0 Å². The lowest BCUT2D eigenvalue weighted by molar-refractivity contribution is 0.275. The van der Waals surface area contributed by atoms with Crippen LogP contribution in [0, 0.1) is 0 Å². The third-order valence-electron chi connectivity index (χ3n) is 2.50. The summed E-state index contributed by atoms with van der Waals surface area (Å²) in [7, 11) is 0. The Bertz CT molecular complexity index is 480. The SMILES string of the molecule is CCc1ccc(Oc2cccc(CO)n2)cc1. The largest absolute Gasteiger partial charge is 0.439 e. The quantitative estimate of drug-likeness (QED) is 0.876. The van der Waals surface area contributed by atoms with Crippen LogP contribution in [0.1, 0.15) is 18.2 Å². The molecule has 0 aliphatic heterocycles. The van der Waals surface area contributed by atoms with Crippen molar-refractivity contribution in [3.63, 3.8) is 0 Å². The van der Waals surface area contributed by atoms with Crippen LogP contribution in [-0.4, -0.2) is 10.1 Å². The van der Waals surface area contributed by atoms with Crippen LogP contribution in [-0.2, 0) is 13.0 Å². The molecule has 0 saturated heterocycles. The standard InChI is InChI=1S/C14H15NO2/c1-2-11-6-8-13(9-7-11)17-14-5-3-4-12(10-16)15-14/h3-9,16H,2,10H2,1H3. The van der Waals surface area contributed by atoms with Crippen molar-refractivity contribution < 1.29 is 9.84 Å². The highest BCUT2D eigenvalue weighted by Crippen LogP contribution is 2.20. The maximum atomic E-state index is 8.98. The molecule has 0 aliphatic rings. The van der Waals surface area contributed by atoms with Crippen LogP contribution in [0.4, 0.5) is 0 Å². The molecule has 0 fully saturated rings. The number of aryl methyl sites for hydroxylation is 1. The number of pyridine rings is 1. The van der Waals surface area contributed by atoms with Gasteiger partial charge in [-0.15, -0.1) is 0 Å². The summed E-state index contributed by atoms with van der Waals surface area (Å²) in [5, 5.41) is 8.98. The minimum atomic E-state index is -0.0774. The van der Waals surface area contributed by atoms with Gasteiger partial charge in [-0.2, -0.15) is 0 Å². The van der Waals surface area contributed by atoms with E-state index in [1.54, 1.807) is 12.1 Å². The fourth-order valence-corrected chi connectivity index (χ4v) is 1.52. The first-order valence-electron chi connectivity index (χ1n) is 5.65. The first kappa shape index (κ1) is 11.6. The van der Waals surface area contributed by atoms with Gasteiger partial charge in [0, 0.05) is 6.07 Å². The minimum absolute atomic E-state index is 0.0774. The second kappa shape index (κ2) is 5.46. The van der Waals surface area contributed by atoms with Gasteiger partial charge in [0.05, 0.1) is 12.3 Å². The Balaban J connectivity index is 2.13. The molecule has 0 amide bonds. The maximum Gasteiger partial charge on any atom is 0.219 e. The zero-order chi connectivity index (χ0) is 12.1. The van der Waals surface area contributed by atoms with Crippen molar-refractivity contribution >= 4 is 0 Å². The Morgan fingerprint density at radius 2 is 1.88 bits per heavy atom. The highest BCUT2D eigenvalue weighted by Gasteiger charge is 2.00. The van der Waals surface area contributed by atoms with E-state index in [4.69, 9.17) is 9.84 Å². The molecule has 2 aromatic rings. The summed E-state index contributed by atoms with van der Waals surface area (Å²) < 4.78 is 5.60. The van der Waals surface area contributed by atoms with Crippen molar-refractivity contribution in [3.8, 4) is 11.6 Å². The summed E-state index contributed by atoms with van der Waals surface area (Å²) in [5.74, 6) is 1.26. The molecular formula is C14H15NO2. The summed E-state index contributed by atoms with van der Waals surface area (Å²) in [6, 6.07) is 13.3. The highest BCUT2D eigenvalue weighted by molar-refractivity contribution is 5.30. The number of ether oxygens (including phenoxy) is 1. The third-order valence-corrected chi connectivity index (χ3v) is 2.50. The van der Waals surface area contributed by atoms with Crippen LogP contribution in [0.3, 0.4) is 0 Å². The van der Waals surface area contributed by atoms with Crippen molar-refractivity contribution in [2.45, 2.75) is 20.0 Å². The summed E-state index contributed by atoms with van der Waals surface area (Å²) in [4.78, 5) is 4.16. The molecule has 1 heterocycles. The average Bonchev–Trinajstić information content (AvgIpc) is 2.40. The van der Waals surface area contributed by atoms with Crippen LogP contribution in [0.15, 0.2) is 42.5 Å². The molecule has 0 radical (unpaired) electrons. The lowest BCUT2D eigenvalue weighted by Crippen LogP contribution is -1.92. The average molecular weight is 229 g/mol. The number of nitrogens with zero attached hydrogens (tertiary/aromatic N) is 1. The summed E-state index contributed by atoms with van der Waals surface area (Å²) in [6.45, 7) is 2.04. The molecule has 88 valence electrons. The molecule has 3 nitrogen and oxygen atoms in total. The minimum Gasteiger partial charge on any atom is -0.439 e. The van der Waals surface area contributed by atoms with Crippen LogP contribution in [0.2, 0.25) is 0 Å². The van der Waals surface area contributed by atoms with Gasteiger partial charge in [0.1, 0.15) is 5.75 Å². The molecule has 2 rings (SSSR count). The van der Waals surface area contributed by atoms with Crippen molar-refractivity contribution in [1.82, 2.24) is 4.98 Å². The lowest BCUT2D eigenvalue weighted by Gasteiger charge is -2.06. The Kier molecular flexibility index (Phi) is 3.73. The molecular weight excluding hydrogens is 214 g/mol. The van der Waals surface area contributed by atoms with Gasteiger partial charge >= 0.3 is 0 Å². The fraction of sp³-hybridized carbons (Fsp3) is 0.214. The van der Waals surface area contributed by atoms with E-state index < -0.39 is 0 Å². The monoisotopic (exact) mass is 229 g/mol. The number of hydrogen-bond donors (Lipinski definition) is 1. The van der Waals surface area contributed by atoms with E-state index in [0.717, 1.165) is 12.2 Å². The van der Waals surface area contributed by atoms with Crippen LogP contribution < -0.4 is 4.74 Å². The Hall–Kier alpha value is -1.87. The molecule has 17 heavy (non-hydrogen) atoms. The van der Waals surface area contributed by atoms with E-state index in [2.05, 4.69) is 11.9 Å². The van der Waals surface area contributed by atoms with E-state index in [1.807, 2.05) is 30.3 Å². The second-order valence-electron chi connectivity index (χ2n) is 3.72. The van der Waals surface area contributed by atoms with E-state index >= 15 is 0 Å². The predicted molar refractivity (Wildman–Crippen MR) is 66.1 cm³/mol. The first-order chi connectivity index (χ1) is 8.31. The number of aliphatic hydroxyl groups is 1. The fourth-order valence-electron chi connectivity index (χ4n) is 1.52. The maximum absolute atomic E-state index is 8.98. The summed E-state index contributed by atoms with van der Waals surface area (Å²) in [6.07, 6.45) is 1.01. The van der Waals surface area contributed by atoms with Crippen molar-refractivity contribution in [2.75, 3.05) is 0 Å². The Morgan fingerprint density at radius 3 is 2.53 bits per heavy atom. The molecule has 0 unspecified atom stereocenters.